The number of hydrogen-bond donors (Lipinski definition) is 1. The number of piperidine rings is 1. The molecule has 1 saturated heterocycles. The molecule has 1 aliphatic heterocycles. The summed E-state index contributed by atoms with van der Waals surface area (Å²) in [6, 6.07) is 7.65. The summed E-state index contributed by atoms with van der Waals surface area (Å²) in [5.41, 5.74) is 7.04. The van der Waals surface area contributed by atoms with E-state index >= 15 is 0 Å². The molecule has 2 aromatic rings. The second-order valence-corrected chi connectivity index (χ2v) is 7.69. The van der Waals surface area contributed by atoms with E-state index in [1.165, 1.54) is 0 Å². The molecule has 4 rings (SSSR count). The lowest BCUT2D eigenvalue weighted by atomic mass is 9.84. The van der Waals surface area contributed by atoms with Crippen LogP contribution in [0, 0.1) is 0 Å². The van der Waals surface area contributed by atoms with Gasteiger partial charge in [-0.3, -0.25) is 4.79 Å². The molecule has 2 heterocycles. The molecule has 0 bridgehead atoms. The molecule has 2 aliphatic rings. The van der Waals surface area contributed by atoms with Crippen LogP contribution in [0.1, 0.15) is 67.8 Å². The molecular formula is C20H27ClN4O3. The number of methoxy groups -OCH3 is 1. The number of nitrogens with zero attached hydrogens (tertiary/aromatic N) is 3. The van der Waals surface area contributed by atoms with Crippen LogP contribution in [0.4, 0.5) is 0 Å². The highest BCUT2D eigenvalue weighted by Gasteiger charge is 2.41. The molecule has 0 spiro atoms. The van der Waals surface area contributed by atoms with E-state index in [0.717, 1.165) is 37.0 Å². The SMILES string of the molecule is COc1ccc(C2C(c3nc(C4(N)CCCC4)no3)CCC(=O)N2C)cc1.Cl. The van der Waals surface area contributed by atoms with Crippen molar-refractivity contribution in [3.63, 3.8) is 0 Å². The van der Waals surface area contributed by atoms with Gasteiger partial charge < -0.3 is 19.9 Å². The summed E-state index contributed by atoms with van der Waals surface area (Å²) < 4.78 is 10.9. The third kappa shape index (κ3) is 3.61. The van der Waals surface area contributed by atoms with Crippen molar-refractivity contribution in [2.75, 3.05) is 14.2 Å². The first-order valence-electron chi connectivity index (χ1n) is 9.54. The molecule has 1 aromatic carbocycles. The van der Waals surface area contributed by atoms with E-state index in [-0.39, 0.29) is 30.3 Å². The molecule has 152 valence electrons. The Morgan fingerprint density at radius 2 is 1.93 bits per heavy atom. The van der Waals surface area contributed by atoms with Crippen LogP contribution in [0.5, 0.6) is 5.75 Å². The van der Waals surface area contributed by atoms with Gasteiger partial charge in [-0.2, -0.15) is 4.98 Å². The summed E-state index contributed by atoms with van der Waals surface area (Å²) in [4.78, 5) is 18.8. The quantitative estimate of drug-likeness (QED) is 0.836. The van der Waals surface area contributed by atoms with E-state index in [2.05, 4.69) is 5.16 Å². The Kier molecular flexibility index (Phi) is 5.95. The predicted molar refractivity (Wildman–Crippen MR) is 106 cm³/mol. The molecule has 2 N–H and O–H groups in total. The average molecular weight is 407 g/mol. The first-order chi connectivity index (χ1) is 13.0. The van der Waals surface area contributed by atoms with Gasteiger partial charge in [-0.15, -0.1) is 12.4 Å². The topological polar surface area (TPSA) is 94.5 Å². The van der Waals surface area contributed by atoms with Gasteiger partial charge in [0.2, 0.25) is 11.8 Å². The van der Waals surface area contributed by atoms with Crippen LogP contribution in [-0.4, -0.2) is 35.1 Å². The summed E-state index contributed by atoms with van der Waals surface area (Å²) in [5.74, 6) is 2.03. The Hall–Kier alpha value is -2.12. The molecule has 7 nitrogen and oxygen atoms in total. The maximum Gasteiger partial charge on any atom is 0.232 e. The minimum absolute atomic E-state index is 0. The van der Waals surface area contributed by atoms with Crippen molar-refractivity contribution in [1.82, 2.24) is 15.0 Å². The summed E-state index contributed by atoms with van der Waals surface area (Å²) in [6.07, 6.45) is 5.11. The first-order valence-corrected chi connectivity index (χ1v) is 9.54. The Labute approximate surface area is 171 Å². The summed E-state index contributed by atoms with van der Waals surface area (Å²) in [5, 5.41) is 4.21. The van der Waals surface area contributed by atoms with Crippen molar-refractivity contribution in [3.8, 4) is 5.75 Å². The van der Waals surface area contributed by atoms with Crippen LogP contribution < -0.4 is 10.5 Å². The lowest BCUT2D eigenvalue weighted by molar-refractivity contribution is -0.135. The minimum atomic E-state index is -0.478. The molecule has 0 radical (unpaired) electrons. The Morgan fingerprint density at radius 1 is 1.25 bits per heavy atom. The standard InChI is InChI=1S/C20H26N4O3.ClH/c1-24-16(25)10-9-15(17(24)13-5-7-14(26-2)8-6-13)18-22-19(23-27-18)20(21)11-3-4-12-20;/h5-8,15,17H,3-4,9-12,21H2,1-2H3;1H. The van der Waals surface area contributed by atoms with E-state index < -0.39 is 5.54 Å². The van der Waals surface area contributed by atoms with Crippen molar-refractivity contribution in [3.05, 3.63) is 41.5 Å². The number of likely N-dealkylation sites (N-methyl/N-ethyl adjacent to an activating group) is 1. The zero-order chi connectivity index (χ0) is 19.0. The Bertz CT molecular complexity index is 817. The van der Waals surface area contributed by atoms with Crippen molar-refractivity contribution < 1.29 is 14.1 Å². The zero-order valence-corrected chi connectivity index (χ0v) is 17.1. The van der Waals surface area contributed by atoms with Crippen molar-refractivity contribution in [1.29, 1.82) is 0 Å². The van der Waals surface area contributed by atoms with E-state index in [1.807, 2.05) is 31.3 Å². The van der Waals surface area contributed by atoms with Crippen LogP contribution >= 0.6 is 12.4 Å². The van der Waals surface area contributed by atoms with E-state index in [1.54, 1.807) is 12.0 Å². The highest BCUT2D eigenvalue weighted by Crippen LogP contribution is 2.43. The van der Waals surface area contributed by atoms with Crippen LogP contribution in [0.25, 0.3) is 0 Å². The van der Waals surface area contributed by atoms with Crippen LogP contribution in [0.2, 0.25) is 0 Å². The van der Waals surface area contributed by atoms with E-state index in [9.17, 15) is 4.79 Å². The van der Waals surface area contributed by atoms with Crippen LogP contribution in [-0.2, 0) is 10.3 Å². The molecule has 2 unspecified atom stereocenters. The fourth-order valence-corrected chi connectivity index (χ4v) is 4.37. The molecule has 1 aliphatic carbocycles. The second kappa shape index (κ2) is 8.09. The normalized spacial score (nSPS) is 24.1. The number of aromatic nitrogens is 2. The number of halogens is 1. The molecule has 8 heteroatoms. The third-order valence-electron chi connectivity index (χ3n) is 6.02. The van der Waals surface area contributed by atoms with Crippen LogP contribution in [0.3, 0.4) is 0 Å². The number of ether oxygens (including phenoxy) is 1. The number of amides is 1. The molecule has 2 fully saturated rings. The predicted octanol–water partition coefficient (Wildman–Crippen LogP) is 3.31. The smallest absolute Gasteiger partial charge is 0.232 e. The number of carbonyl (C=O) groups is 1. The minimum Gasteiger partial charge on any atom is -0.497 e. The van der Waals surface area contributed by atoms with Gasteiger partial charge in [-0.1, -0.05) is 30.1 Å². The molecule has 28 heavy (non-hydrogen) atoms. The molecule has 2 atom stereocenters. The van der Waals surface area contributed by atoms with Gasteiger partial charge in [0.25, 0.3) is 0 Å². The van der Waals surface area contributed by atoms with Gasteiger partial charge in [0, 0.05) is 13.5 Å². The van der Waals surface area contributed by atoms with Crippen molar-refractivity contribution in [2.24, 2.45) is 5.73 Å². The van der Waals surface area contributed by atoms with Crippen molar-refractivity contribution >= 4 is 18.3 Å². The van der Waals surface area contributed by atoms with Crippen LogP contribution in [0.15, 0.2) is 28.8 Å². The van der Waals surface area contributed by atoms with Gasteiger partial charge >= 0.3 is 0 Å². The fraction of sp³-hybridized carbons (Fsp3) is 0.550. The molecular weight excluding hydrogens is 380 g/mol. The maximum absolute atomic E-state index is 12.4. The lowest BCUT2D eigenvalue weighted by Crippen LogP contribution is -2.39. The fourth-order valence-electron chi connectivity index (χ4n) is 4.37. The molecule has 1 saturated carbocycles. The first kappa shape index (κ1) is 20.6. The molecule has 1 amide bonds. The number of rotatable bonds is 4. The van der Waals surface area contributed by atoms with Gasteiger partial charge in [-0.25, -0.2) is 0 Å². The Balaban J connectivity index is 0.00000225. The monoisotopic (exact) mass is 406 g/mol. The summed E-state index contributed by atoms with van der Waals surface area (Å²) >= 11 is 0. The number of nitrogens with two attached hydrogens (primary N) is 1. The Morgan fingerprint density at radius 3 is 2.57 bits per heavy atom. The highest BCUT2D eigenvalue weighted by atomic mass is 35.5. The second-order valence-electron chi connectivity index (χ2n) is 7.69. The summed E-state index contributed by atoms with van der Waals surface area (Å²) in [6.45, 7) is 0. The third-order valence-corrected chi connectivity index (χ3v) is 6.02. The van der Waals surface area contributed by atoms with E-state index in [0.29, 0.717) is 24.6 Å². The van der Waals surface area contributed by atoms with E-state index in [4.69, 9.17) is 20.0 Å². The van der Waals surface area contributed by atoms with Gasteiger partial charge in [0.15, 0.2) is 5.82 Å². The summed E-state index contributed by atoms with van der Waals surface area (Å²) in [7, 11) is 3.47. The molecule has 1 aromatic heterocycles. The number of hydrogen-bond acceptors (Lipinski definition) is 6. The average Bonchev–Trinajstić information content (AvgIpc) is 3.34. The lowest BCUT2D eigenvalue weighted by Gasteiger charge is -2.37. The van der Waals surface area contributed by atoms with Gasteiger partial charge in [-0.05, 0) is 37.0 Å². The van der Waals surface area contributed by atoms with Crippen molar-refractivity contribution in [2.45, 2.75) is 56.0 Å². The zero-order valence-electron chi connectivity index (χ0n) is 16.3. The van der Waals surface area contributed by atoms with Gasteiger partial charge in [0.05, 0.1) is 24.6 Å². The maximum atomic E-state index is 12.4. The largest absolute Gasteiger partial charge is 0.497 e. The number of likely N-dealkylation sites (tertiary alicyclic amines) is 1. The number of benzene rings is 1. The highest BCUT2D eigenvalue weighted by molar-refractivity contribution is 5.85. The number of carbonyl (C=O) groups excluding carboxylic acids is 1. The van der Waals surface area contributed by atoms with Gasteiger partial charge in [0.1, 0.15) is 5.75 Å².